The molecule has 1 saturated heterocycles. The molecule has 0 spiro atoms. The van der Waals surface area contributed by atoms with Crippen molar-refractivity contribution < 1.29 is 21.6 Å². The maximum absolute atomic E-state index is 14.2. The molecule has 5 aromatic rings. The van der Waals surface area contributed by atoms with Crippen molar-refractivity contribution >= 4 is 47.7 Å². The van der Waals surface area contributed by atoms with Crippen molar-refractivity contribution in [3.63, 3.8) is 0 Å². The Hall–Kier alpha value is -4.04. The number of nitrogens with one attached hydrogen (secondary N) is 1. The summed E-state index contributed by atoms with van der Waals surface area (Å²) in [5.74, 6) is 0.633. The van der Waals surface area contributed by atoms with Gasteiger partial charge in [-0.25, -0.2) is 25.8 Å². The lowest BCUT2D eigenvalue weighted by Gasteiger charge is -2.41. The summed E-state index contributed by atoms with van der Waals surface area (Å²) in [6, 6.07) is 18.6. The summed E-state index contributed by atoms with van der Waals surface area (Å²) in [5, 5.41) is 5.28. The first-order chi connectivity index (χ1) is 22.6. The van der Waals surface area contributed by atoms with Crippen molar-refractivity contribution in [1.82, 2.24) is 23.1 Å². The average Bonchev–Trinajstić information content (AvgIpc) is 3.44. The largest absolute Gasteiger partial charge is 0.495 e. The van der Waals surface area contributed by atoms with Gasteiger partial charge < -0.3 is 10.1 Å². The van der Waals surface area contributed by atoms with E-state index in [0.717, 1.165) is 66.4 Å². The van der Waals surface area contributed by atoms with E-state index < -0.39 is 20.0 Å². The number of ether oxygens (including phenoxy) is 1. The fraction of sp³-hybridized carbons (Fsp3) is 0.353. The summed E-state index contributed by atoms with van der Waals surface area (Å²) in [6.45, 7) is 2.58. The number of sulfonamides is 1. The number of hydrogen-bond acceptors (Lipinski definition) is 9. The van der Waals surface area contributed by atoms with E-state index in [2.05, 4.69) is 20.2 Å². The third-order valence-corrected chi connectivity index (χ3v) is 12.5. The van der Waals surface area contributed by atoms with Crippen molar-refractivity contribution in [2.24, 2.45) is 0 Å². The number of nitrogens with zero attached hydrogens (tertiary/aromatic N) is 5. The molecule has 3 aromatic heterocycles. The minimum absolute atomic E-state index is 0.190. The zero-order valence-corrected chi connectivity index (χ0v) is 28.0. The molecule has 0 radical (unpaired) electrons. The van der Waals surface area contributed by atoms with Gasteiger partial charge >= 0.3 is 0 Å². The minimum Gasteiger partial charge on any atom is -0.495 e. The average molecular weight is 675 g/mol. The predicted octanol–water partition coefficient (Wildman–Crippen LogP) is 4.80. The highest BCUT2D eigenvalue weighted by atomic mass is 32.2. The molecule has 246 valence electrons. The van der Waals surface area contributed by atoms with E-state index in [4.69, 9.17) is 4.74 Å². The van der Waals surface area contributed by atoms with Crippen LogP contribution < -0.4 is 10.1 Å². The molecule has 0 unspecified atom stereocenters. The van der Waals surface area contributed by atoms with Crippen molar-refractivity contribution in [2.75, 3.05) is 44.9 Å². The zero-order valence-electron chi connectivity index (χ0n) is 26.4. The Morgan fingerprint density at radius 1 is 0.851 bits per heavy atom. The van der Waals surface area contributed by atoms with Gasteiger partial charge in [0, 0.05) is 67.3 Å². The number of fused-ring (bicyclic) bond motifs is 3. The number of aromatic nitrogens is 3. The van der Waals surface area contributed by atoms with Crippen LogP contribution in [0, 0.1) is 0 Å². The van der Waals surface area contributed by atoms with Crippen LogP contribution in [-0.4, -0.2) is 91.6 Å². The molecule has 4 heterocycles. The maximum atomic E-state index is 14.2. The van der Waals surface area contributed by atoms with Crippen molar-refractivity contribution in [2.45, 2.75) is 42.7 Å². The van der Waals surface area contributed by atoms with E-state index in [9.17, 15) is 16.8 Å². The van der Waals surface area contributed by atoms with Crippen LogP contribution in [-0.2, 0) is 20.0 Å². The fourth-order valence-corrected chi connectivity index (χ4v) is 9.36. The number of hydrogen-bond donors (Lipinski definition) is 1. The molecule has 0 amide bonds. The first-order valence-electron chi connectivity index (χ1n) is 15.8. The van der Waals surface area contributed by atoms with Gasteiger partial charge in [-0.1, -0.05) is 24.3 Å². The zero-order chi connectivity index (χ0) is 32.8. The van der Waals surface area contributed by atoms with E-state index in [-0.39, 0.29) is 10.9 Å². The Bertz CT molecular complexity index is 2140. The summed E-state index contributed by atoms with van der Waals surface area (Å²) in [6.07, 6.45) is 10.3. The molecule has 11 nitrogen and oxygen atoms in total. The van der Waals surface area contributed by atoms with Crippen molar-refractivity contribution in [1.29, 1.82) is 0 Å². The van der Waals surface area contributed by atoms with Gasteiger partial charge in [-0.05, 0) is 67.6 Å². The number of methoxy groups -OCH3 is 1. The summed E-state index contributed by atoms with van der Waals surface area (Å²) >= 11 is 0. The molecule has 1 aliphatic carbocycles. The Morgan fingerprint density at radius 2 is 1.60 bits per heavy atom. The standard InChI is InChI=1S/C34H38N6O5S2/c1-45-28-20-25(22-35-23-28)24-8-13-32-30(21-24)33-31(14-15-36-34(33)40(32)47(43,44)29-6-4-3-5-7-29)37-26-9-11-27(12-10-26)38-16-18-39(19-17-38)46(2,41)42/h3-8,13-15,20-23,26-27H,9-12,16-19H2,1-2H3,(H,36,37). The first-order valence-corrected chi connectivity index (χ1v) is 19.1. The molecule has 2 aliphatic rings. The molecular weight excluding hydrogens is 637 g/mol. The van der Waals surface area contributed by atoms with Gasteiger partial charge in [-0.15, -0.1) is 0 Å². The van der Waals surface area contributed by atoms with Crippen LogP contribution >= 0.6 is 0 Å². The van der Waals surface area contributed by atoms with Crippen LogP contribution in [0.4, 0.5) is 5.69 Å². The molecule has 7 rings (SSSR count). The Balaban J connectivity index is 1.23. The normalized spacial score (nSPS) is 20.0. The second-order valence-electron chi connectivity index (χ2n) is 12.3. The summed E-state index contributed by atoms with van der Waals surface area (Å²) in [5.41, 5.74) is 3.49. The highest BCUT2D eigenvalue weighted by Gasteiger charge is 2.31. The second kappa shape index (κ2) is 12.5. The molecule has 47 heavy (non-hydrogen) atoms. The van der Waals surface area contributed by atoms with Crippen LogP contribution in [0.15, 0.2) is 84.1 Å². The van der Waals surface area contributed by atoms with E-state index in [1.165, 1.54) is 10.2 Å². The van der Waals surface area contributed by atoms with Gasteiger partial charge in [0.25, 0.3) is 10.0 Å². The summed E-state index contributed by atoms with van der Waals surface area (Å²) in [7, 11) is -5.53. The maximum Gasteiger partial charge on any atom is 0.269 e. The van der Waals surface area contributed by atoms with E-state index in [1.807, 2.05) is 30.3 Å². The van der Waals surface area contributed by atoms with E-state index in [1.54, 1.807) is 60.3 Å². The Kier molecular flexibility index (Phi) is 8.41. The van der Waals surface area contributed by atoms with Gasteiger partial charge in [0.15, 0.2) is 5.65 Å². The molecule has 2 fully saturated rings. The van der Waals surface area contributed by atoms with Gasteiger partial charge in [0.1, 0.15) is 5.75 Å². The first kappa shape index (κ1) is 31.6. The molecule has 13 heteroatoms. The number of rotatable bonds is 8. The third-order valence-electron chi connectivity index (χ3n) is 9.49. The Morgan fingerprint density at radius 3 is 2.30 bits per heavy atom. The second-order valence-corrected chi connectivity index (χ2v) is 16.1. The smallest absolute Gasteiger partial charge is 0.269 e. The van der Waals surface area contributed by atoms with Crippen LogP contribution in [0.25, 0.3) is 33.1 Å². The van der Waals surface area contributed by atoms with Crippen LogP contribution in [0.5, 0.6) is 5.75 Å². The molecule has 1 aliphatic heterocycles. The number of benzene rings is 2. The number of pyridine rings is 2. The molecule has 2 aromatic carbocycles. The van der Waals surface area contributed by atoms with Gasteiger partial charge in [0.2, 0.25) is 10.0 Å². The van der Waals surface area contributed by atoms with Crippen LogP contribution in [0.1, 0.15) is 25.7 Å². The number of piperazine rings is 1. The molecule has 1 saturated carbocycles. The molecule has 0 bridgehead atoms. The van der Waals surface area contributed by atoms with Crippen molar-refractivity contribution in [3.8, 4) is 16.9 Å². The van der Waals surface area contributed by atoms with Crippen LogP contribution in [0.2, 0.25) is 0 Å². The topological polar surface area (TPSA) is 127 Å². The minimum atomic E-state index is -3.97. The Labute approximate surface area is 275 Å². The lowest BCUT2D eigenvalue weighted by atomic mass is 9.89. The monoisotopic (exact) mass is 674 g/mol. The lowest BCUT2D eigenvalue weighted by molar-refractivity contribution is 0.109. The third kappa shape index (κ3) is 6.08. The fourth-order valence-electron chi connectivity index (χ4n) is 7.03. The molecular formula is C34H38N6O5S2. The highest BCUT2D eigenvalue weighted by Crippen LogP contribution is 2.39. The quantitative estimate of drug-likeness (QED) is 0.247. The van der Waals surface area contributed by atoms with Gasteiger partial charge in [-0.2, -0.15) is 4.31 Å². The van der Waals surface area contributed by atoms with Gasteiger partial charge in [0.05, 0.1) is 35.4 Å². The SMILES string of the molecule is COc1cncc(-c2ccc3c(c2)c2c(NC4CCC(N5CCN(S(C)(=O)=O)CC5)CC4)ccnc2n3S(=O)(=O)c2ccccc2)c1. The van der Waals surface area contributed by atoms with Crippen molar-refractivity contribution in [3.05, 3.63) is 79.3 Å². The number of anilines is 1. The molecule has 0 atom stereocenters. The highest BCUT2D eigenvalue weighted by molar-refractivity contribution is 7.90. The van der Waals surface area contributed by atoms with E-state index in [0.29, 0.717) is 36.0 Å². The lowest BCUT2D eigenvalue weighted by Crippen LogP contribution is -2.52. The van der Waals surface area contributed by atoms with Crippen LogP contribution in [0.3, 0.4) is 0 Å². The summed E-state index contributed by atoms with van der Waals surface area (Å²) in [4.78, 5) is 11.6. The summed E-state index contributed by atoms with van der Waals surface area (Å²) < 4.78 is 60.6. The predicted molar refractivity (Wildman–Crippen MR) is 184 cm³/mol. The van der Waals surface area contributed by atoms with Gasteiger partial charge in [-0.3, -0.25) is 9.88 Å². The van der Waals surface area contributed by atoms with E-state index >= 15 is 0 Å². The molecule has 1 N–H and O–H groups in total.